The molecule has 0 aromatic heterocycles. The van der Waals surface area contributed by atoms with Crippen molar-refractivity contribution in [3.63, 3.8) is 0 Å². The molecule has 0 unspecified atom stereocenters. The number of rotatable bonds is 8. The maximum absolute atomic E-state index is 11.6. The molecule has 138 valence electrons. The lowest BCUT2D eigenvalue weighted by Crippen LogP contribution is -2.04. The highest BCUT2D eigenvalue weighted by Gasteiger charge is 2.12. The van der Waals surface area contributed by atoms with Crippen LogP contribution in [0.5, 0.6) is 17.2 Å². The summed E-state index contributed by atoms with van der Waals surface area (Å²) >= 11 is 0. The molecule has 0 saturated carbocycles. The number of ether oxygens (including phenoxy) is 4. The summed E-state index contributed by atoms with van der Waals surface area (Å²) in [6.07, 6.45) is 1.63. The van der Waals surface area contributed by atoms with Crippen molar-refractivity contribution >= 4 is 17.9 Å². The van der Waals surface area contributed by atoms with E-state index in [0.29, 0.717) is 29.4 Å². The Morgan fingerprint density at radius 2 is 1.65 bits per heavy atom. The first kappa shape index (κ1) is 19.1. The van der Waals surface area contributed by atoms with Crippen molar-refractivity contribution in [2.75, 3.05) is 33.4 Å². The fourth-order valence-electron chi connectivity index (χ4n) is 2.25. The molecule has 0 heterocycles. The predicted octanol–water partition coefficient (Wildman–Crippen LogP) is 3.34. The average Bonchev–Trinajstić information content (AvgIpc) is 2.67. The Kier molecular flexibility index (Phi) is 6.84. The summed E-state index contributed by atoms with van der Waals surface area (Å²) in [5, 5.41) is 4.19. The number of nitrogens with zero attached hydrogens (tertiary/aromatic N) is 1. The third-order valence-corrected chi connectivity index (χ3v) is 3.49. The molecule has 0 fully saturated rings. The number of carbonyl (C=O) groups excluding carboxylic acids is 1. The number of hydrogen-bond donors (Lipinski definition) is 1. The van der Waals surface area contributed by atoms with E-state index in [0.717, 1.165) is 11.3 Å². The lowest BCUT2D eigenvalue weighted by molar-refractivity contribution is 0.0526. The summed E-state index contributed by atoms with van der Waals surface area (Å²) < 4.78 is 20.9. The van der Waals surface area contributed by atoms with Crippen molar-refractivity contribution < 1.29 is 23.7 Å². The molecule has 0 aliphatic heterocycles. The van der Waals surface area contributed by atoms with Crippen LogP contribution in [0.15, 0.2) is 41.5 Å². The van der Waals surface area contributed by atoms with Gasteiger partial charge in [-0.05, 0) is 43.3 Å². The van der Waals surface area contributed by atoms with Gasteiger partial charge in [-0.15, -0.1) is 0 Å². The zero-order valence-corrected chi connectivity index (χ0v) is 15.2. The minimum Gasteiger partial charge on any atom is -0.493 e. The van der Waals surface area contributed by atoms with Gasteiger partial charge in [-0.3, -0.25) is 5.43 Å². The molecule has 0 aliphatic carbocycles. The molecule has 2 aromatic carbocycles. The smallest absolute Gasteiger partial charge is 0.338 e. The van der Waals surface area contributed by atoms with Crippen LogP contribution in [-0.2, 0) is 4.74 Å². The summed E-state index contributed by atoms with van der Waals surface area (Å²) in [4.78, 5) is 11.6. The Labute approximate surface area is 152 Å². The van der Waals surface area contributed by atoms with Gasteiger partial charge in [-0.2, -0.15) is 5.10 Å². The van der Waals surface area contributed by atoms with E-state index in [1.54, 1.807) is 70.9 Å². The lowest BCUT2D eigenvalue weighted by atomic mass is 10.2. The van der Waals surface area contributed by atoms with Crippen molar-refractivity contribution in [1.82, 2.24) is 0 Å². The molecule has 7 heteroatoms. The Morgan fingerprint density at radius 1 is 1.04 bits per heavy atom. The van der Waals surface area contributed by atoms with E-state index in [9.17, 15) is 4.79 Å². The first-order chi connectivity index (χ1) is 12.6. The Hall–Kier alpha value is -3.22. The third-order valence-electron chi connectivity index (χ3n) is 3.49. The molecule has 26 heavy (non-hydrogen) atoms. The molecule has 0 saturated heterocycles. The monoisotopic (exact) mass is 358 g/mol. The van der Waals surface area contributed by atoms with Gasteiger partial charge < -0.3 is 18.9 Å². The van der Waals surface area contributed by atoms with Crippen molar-refractivity contribution in [3.05, 3.63) is 47.5 Å². The largest absolute Gasteiger partial charge is 0.493 e. The molecular weight excluding hydrogens is 336 g/mol. The van der Waals surface area contributed by atoms with Crippen LogP contribution in [0.2, 0.25) is 0 Å². The average molecular weight is 358 g/mol. The molecular formula is C19H22N2O5. The number of hydrogen-bond acceptors (Lipinski definition) is 7. The van der Waals surface area contributed by atoms with Gasteiger partial charge in [0.25, 0.3) is 0 Å². The summed E-state index contributed by atoms with van der Waals surface area (Å²) in [6.45, 7) is 2.11. The van der Waals surface area contributed by atoms with Gasteiger partial charge >= 0.3 is 5.97 Å². The molecule has 0 bridgehead atoms. The molecule has 0 aliphatic rings. The van der Waals surface area contributed by atoms with Crippen molar-refractivity contribution in [2.24, 2.45) is 5.10 Å². The highest BCUT2D eigenvalue weighted by Crippen LogP contribution is 2.37. The highest BCUT2D eigenvalue weighted by atomic mass is 16.5. The van der Waals surface area contributed by atoms with Crippen molar-refractivity contribution in [2.45, 2.75) is 6.92 Å². The molecule has 2 rings (SSSR count). The van der Waals surface area contributed by atoms with Crippen LogP contribution in [0.3, 0.4) is 0 Å². The number of benzene rings is 2. The number of carbonyl (C=O) groups is 1. The summed E-state index contributed by atoms with van der Waals surface area (Å²) in [7, 11) is 4.67. The van der Waals surface area contributed by atoms with Crippen LogP contribution in [0.25, 0.3) is 0 Å². The first-order valence-corrected chi connectivity index (χ1v) is 7.99. The minimum atomic E-state index is -0.347. The maximum Gasteiger partial charge on any atom is 0.338 e. The molecule has 7 nitrogen and oxygen atoms in total. The Bertz CT molecular complexity index is 747. The van der Waals surface area contributed by atoms with E-state index in [4.69, 9.17) is 18.9 Å². The fourth-order valence-corrected chi connectivity index (χ4v) is 2.25. The zero-order valence-electron chi connectivity index (χ0n) is 15.2. The maximum atomic E-state index is 11.6. The van der Waals surface area contributed by atoms with E-state index < -0.39 is 0 Å². The number of anilines is 1. The first-order valence-electron chi connectivity index (χ1n) is 7.99. The second kappa shape index (κ2) is 9.31. The molecule has 0 amide bonds. The van der Waals surface area contributed by atoms with Crippen LogP contribution in [-0.4, -0.2) is 40.1 Å². The van der Waals surface area contributed by atoms with E-state index in [1.165, 1.54) is 0 Å². The molecule has 0 spiro atoms. The Morgan fingerprint density at radius 3 is 2.15 bits per heavy atom. The summed E-state index contributed by atoms with van der Waals surface area (Å²) in [6, 6.07) is 10.4. The van der Waals surface area contributed by atoms with Crippen LogP contribution >= 0.6 is 0 Å². The number of methoxy groups -OCH3 is 3. The van der Waals surface area contributed by atoms with Crippen LogP contribution in [0.1, 0.15) is 22.8 Å². The topological polar surface area (TPSA) is 78.4 Å². The summed E-state index contributed by atoms with van der Waals surface area (Å²) in [5.74, 6) is 1.27. The number of nitrogens with one attached hydrogen (secondary N) is 1. The third kappa shape index (κ3) is 4.66. The van der Waals surface area contributed by atoms with Gasteiger partial charge in [0.2, 0.25) is 5.75 Å². The molecule has 0 atom stereocenters. The number of hydrazone groups is 1. The van der Waals surface area contributed by atoms with Gasteiger partial charge in [0.1, 0.15) is 0 Å². The normalized spacial score (nSPS) is 10.5. The number of esters is 1. The quantitative estimate of drug-likeness (QED) is 0.443. The van der Waals surface area contributed by atoms with Crippen LogP contribution in [0, 0.1) is 0 Å². The lowest BCUT2D eigenvalue weighted by Gasteiger charge is -2.12. The highest BCUT2D eigenvalue weighted by molar-refractivity contribution is 5.89. The van der Waals surface area contributed by atoms with E-state index >= 15 is 0 Å². The van der Waals surface area contributed by atoms with Crippen molar-refractivity contribution in [3.8, 4) is 17.2 Å². The Balaban J connectivity index is 2.09. The summed E-state index contributed by atoms with van der Waals surface area (Å²) in [5.41, 5.74) is 4.90. The van der Waals surface area contributed by atoms with Crippen LogP contribution in [0.4, 0.5) is 5.69 Å². The molecule has 2 aromatic rings. The zero-order chi connectivity index (χ0) is 18.9. The minimum absolute atomic E-state index is 0.345. The fraction of sp³-hybridized carbons (Fsp3) is 0.263. The van der Waals surface area contributed by atoms with E-state index in [1.807, 2.05) is 0 Å². The van der Waals surface area contributed by atoms with Crippen molar-refractivity contribution in [1.29, 1.82) is 0 Å². The van der Waals surface area contributed by atoms with Gasteiger partial charge in [-0.1, -0.05) is 0 Å². The second-order valence-electron chi connectivity index (χ2n) is 5.13. The second-order valence-corrected chi connectivity index (χ2v) is 5.13. The molecule has 0 radical (unpaired) electrons. The van der Waals surface area contributed by atoms with Gasteiger partial charge in [0.15, 0.2) is 11.5 Å². The molecule has 1 N–H and O–H groups in total. The van der Waals surface area contributed by atoms with Gasteiger partial charge in [0.05, 0.1) is 45.4 Å². The predicted molar refractivity (Wildman–Crippen MR) is 99.7 cm³/mol. The van der Waals surface area contributed by atoms with Crippen LogP contribution < -0.4 is 19.6 Å². The van der Waals surface area contributed by atoms with Gasteiger partial charge in [0, 0.05) is 5.56 Å². The van der Waals surface area contributed by atoms with E-state index in [2.05, 4.69) is 10.5 Å². The van der Waals surface area contributed by atoms with Gasteiger partial charge in [-0.25, -0.2) is 4.79 Å². The van der Waals surface area contributed by atoms with E-state index in [-0.39, 0.29) is 5.97 Å². The standard InChI is InChI=1S/C19H22N2O5/c1-5-26-19(22)14-6-8-15(9-7-14)21-20-12-13-10-16(23-2)18(25-4)17(11-13)24-3/h6-12,21H,5H2,1-4H3/b20-12+. The SMILES string of the molecule is CCOC(=O)c1ccc(N/N=C/c2cc(OC)c(OC)c(OC)c2)cc1.